The van der Waals surface area contributed by atoms with Gasteiger partial charge in [-0.25, -0.2) is 4.39 Å². The number of aliphatic imine (C=N–C) groups is 1. The van der Waals surface area contributed by atoms with Crippen LogP contribution in [0.3, 0.4) is 0 Å². The zero-order valence-corrected chi connectivity index (χ0v) is 17.1. The van der Waals surface area contributed by atoms with Gasteiger partial charge in [0.1, 0.15) is 17.3 Å². The summed E-state index contributed by atoms with van der Waals surface area (Å²) >= 11 is 0. The molecule has 1 atom stereocenters. The van der Waals surface area contributed by atoms with Gasteiger partial charge in [-0.3, -0.25) is 4.99 Å². The van der Waals surface area contributed by atoms with Gasteiger partial charge in [0, 0.05) is 31.8 Å². The van der Waals surface area contributed by atoms with E-state index in [0.717, 1.165) is 22.6 Å². The summed E-state index contributed by atoms with van der Waals surface area (Å²) in [6.07, 6.45) is 0. The Labute approximate surface area is 166 Å². The van der Waals surface area contributed by atoms with Crippen LogP contribution in [0.4, 0.5) is 4.39 Å². The molecule has 2 rings (SSSR count). The summed E-state index contributed by atoms with van der Waals surface area (Å²) in [4.78, 5) is 6.37. The van der Waals surface area contributed by atoms with Crippen LogP contribution >= 0.6 is 0 Å². The smallest absolute Gasteiger partial charge is 0.191 e. The summed E-state index contributed by atoms with van der Waals surface area (Å²) in [6, 6.07) is 12.4. The van der Waals surface area contributed by atoms with Crippen molar-refractivity contribution in [3.8, 4) is 11.5 Å². The predicted molar refractivity (Wildman–Crippen MR) is 111 cm³/mol. The minimum absolute atomic E-state index is 0.0784. The molecule has 6 nitrogen and oxygen atoms in total. The van der Waals surface area contributed by atoms with Crippen LogP contribution in [0.15, 0.2) is 47.5 Å². The fourth-order valence-electron chi connectivity index (χ4n) is 2.87. The number of hydrogen-bond donors (Lipinski definition) is 2. The maximum Gasteiger partial charge on any atom is 0.191 e. The molecule has 0 aliphatic rings. The molecule has 0 saturated carbocycles. The lowest BCUT2D eigenvalue weighted by atomic mass is 10.1. The Hall–Kier alpha value is -2.80. The van der Waals surface area contributed by atoms with Crippen LogP contribution in [-0.4, -0.2) is 52.8 Å². The Morgan fingerprint density at radius 3 is 2.36 bits per heavy atom. The Bertz CT molecular complexity index is 778. The van der Waals surface area contributed by atoms with Gasteiger partial charge in [-0.05, 0) is 43.9 Å². The molecule has 0 aliphatic heterocycles. The Morgan fingerprint density at radius 1 is 1.07 bits per heavy atom. The summed E-state index contributed by atoms with van der Waals surface area (Å²) in [5, 5.41) is 6.62. The van der Waals surface area contributed by atoms with Gasteiger partial charge in [-0.2, -0.15) is 0 Å². The van der Waals surface area contributed by atoms with Gasteiger partial charge in [-0.15, -0.1) is 0 Å². The molecule has 2 aromatic rings. The zero-order valence-electron chi connectivity index (χ0n) is 17.1. The van der Waals surface area contributed by atoms with Crippen LogP contribution in [0.5, 0.6) is 11.5 Å². The minimum atomic E-state index is -0.236. The van der Waals surface area contributed by atoms with E-state index in [1.165, 1.54) is 12.1 Å². The topological polar surface area (TPSA) is 58.1 Å². The highest BCUT2D eigenvalue weighted by Crippen LogP contribution is 2.24. The number of guanidine groups is 1. The largest absolute Gasteiger partial charge is 0.497 e. The van der Waals surface area contributed by atoms with Crippen molar-refractivity contribution in [3.05, 3.63) is 59.4 Å². The van der Waals surface area contributed by atoms with Gasteiger partial charge in [0.15, 0.2) is 5.96 Å². The van der Waals surface area contributed by atoms with Crippen LogP contribution in [-0.2, 0) is 6.54 Å². The number of methoxy groups -OCH3 is 2. The number of halogens is 1. The molecule has 0 aromatic heterocycles. The van der Waals surface area contributed by atoms with Crippen LogP contribution in [0, 0.1) is 5.82 Å². The summed E-state index contributed by atoms with van der Waals surface area (Å²) in [7, 11) is 8.97. The maximum absolute atomic E-state index is 13.2. The van der Waals surface area contributed by atoms with Gasteiger partial charge in [-0.1, -0.05) is 12.1 Å². The fraction of sp³-hybridized carbons (Fsp3) is 0.381. The molecule has 0 spiro atoms. The highest BCUT2D eigenvalue weighted by Gasteiger charge is 2.15. The van der Waals surface area contributed by atoms with E-state index >= 15 is 0 Å². The fourth-order valence-corrected chi connectivity index (χ4v) is 2.87. The second-order valence-electron chi connectivity index (χ2n) is 6.52. The zero-order chi connectivity index (χ0) is 20.5. The first-order valence-electron chi connectivity index (χ1n) is 9.05. The molecule has 2 aromatic carbocycles. The molecule has 1 unspecified atom stereocenters. The third-order valence-corrected chi connectivity index (χ3v) is 4.51. The second kappa shape index (κ2) is 10.5. The third kappa shape index (κ3) is 5.85. The molecule has 0 radical (unpaired) electrons. The lowest BCUT2D eigenvalue weighted by Crippen LogP contribution is -2.41. The van der Waals surface area contributed by atoms with E-state index < -0.39 is 0 Å². The van der Waals surface area contributed by atoms with Crippen molar-refractivity contribution >= 4 is 5.96 Å². The predicted octanol–water partition coefficient (Wildman–Crippen LogP) is 2.81. The van der Waals surface area contributed by atoms with E-state index in [4.69, 9.17) is 9.47 Å². The van der Waals surface area contributed by atoms with Crippen molar-refractivity contribution in [3.63, 3.8) is 0 Å². The summed E-state index contributed by atoms with van der Waals surface area (Å²) in [5.41, 5.74) is 2.03. The molecular weight excluding hydrogens is 359 g/mol. The molecule has 7 heteroatoms. The van der Waals surface area contributed by atoms with E-state index in [-0.39, 0.29) is 11.9 Å². The van der Waals surface area contributed by atoms with Crippen molar-refractivity contribution in [2.45, 2.75) is 12.6 Å². The van der Waals surface area contributed by atoms with Crippen molar-refractivity contribution in [1.82, 2.24) is 15.5 Å². The first-order chi connectivity index (χ1) is 13.5. The van der Waals surface area contributed by atoms with Gasteiger partial charge in [0.25, 0.3) is 0 Å². The number of rotatable bonds is 8. The number of benzene rings is 2. The molecule has 152 valence electrons. The van der Waals surface area contributed by atoms with E-state index in [9.17, 15) is 4.39 Å². The molecule has 0 aliphatic carbocycles. The Morgan fingerprint density at radius 2 is 1.79 bits per heavy atom. The summed E-state index contributed by atoms with van der Waals surface area (Å²) in [6.45, 7) is 1.17. The monoisotopic (exact) mass is 388 g/mol. The van der Waals surface area contributed by atoms with Crippen molar-refractivity contribution in [2.24, 2.45) is 4.99 Å². The number of ether oxygens (including phenoxy) is 2. The van der Waals surface area contributed by atoms with Crippen LogP contribution in [0.25, 0.3) is 0 Å². The molecule has 0 amide bonds. The number of nitrogens with one attached hydrogen (secondary N) is 2. The van der Waals surface area contributed by atoms with Crippen LogP contribution < -0.4 is 20.1 Å². The van der Waals surface area contributed by atoms with E-state index in [2.05, 4.69) is 20.5 Å². The number of nitrogens with zero attached hydrogens (tertiary/aromatic N) is 2. The third-order valence-electron chi connectivity index (χ3n) is 4.51. The highest BCUT2D eigenvalue weighted by atomic mass is 19.1. The molecular formula is C21H29FN4O2. The van der Waals surface area contributed by atoms with Crippen molar-refractivity contribution < 1.29 is 13.9 Å². The highest BCUT2D eigenvalue weighted by molar-refractivity contribution is 5.79. The average molecular weight is 388 g/mol. The summed E-state index contributed by atoms with van der Waals surface area (Å²) < 4.78 is 23.9. The molecule has 2 N–H and O–H groups in total. The molecule has 0 fully saturated rings. The van der Waals surface area contributed by atoms with E-state index in [1.807, 2.05) is 32.3 Å². The lowest BCUT2D eigenvalue weighted by molar-refractivity contribution is 0.298. The minimum Gasteiger partial charge on any atom is -0.497 e. The van der Waals surface area contributed by atoms with E-state index in [1.54, 1.807) is 33.4 Å². The Kier molecular flexibility index (Phi) is 8.07. The first kappa shape index (κ1) is 21.5. The van der Waals surface area contributed by atoms with E-state index in [0.29, 0.717) is 19.0 Å². The Balaban J connectivity index is 1.99. The molecule has 0 heterocycles. The number of likely N-dealkylation sites (N-methyl/N-ethyl adjacent to an activating group) is 1. The van der Waals surface area contributed by atoms with Crippen molar-refractivity contribution in [1.29, 1.82) is 0 Å². The normalized spacial score (nSPS) is 12.6. The standard InChI is InChI=1S/C21H29FN4O2/c1-23-21(24-13-16-8-11-18(27-4)12-20(16)28-5)25-14-19(26(2)3)15-6-9-17(22)10-7-15/h6-12,19H,13-14H2,1-5H3,(H2,23,24,25). The maximum atomic E-state index is 13.2. The average Bonchev–Trinajstić information content (AvgIpc) is 2.71. The van der Waals surface area contributed by atoms with Crippen LogP contribution in [0.2, 0.25) is 0 Å². The SMILES string of the molecule is CN=C(NCc1ccc(OC)cc1OC)NCC(c1ccc(F)cc1)N(C)C. The first-order valence-corrected chi connectivity index (χ1v) is 9.05. The van der Waals surface area contributed by atoms with Gasteiger partial charge in [0.05, 0.1) is 20.3 Å². The van der Waals surface area contributed by atoms with Gasteiger partial charge >= 0.3 is 0 Å². The molecule has 0 saturated heterocycles. The van der Waals surface area contributed by atoms with Crippen LogP contribution in [0.1, 0.15) is 17.2 Å². The van der Waals surface area contributed by atoms with Gasteiger partial charge in [0.2, 0.25) is 0 Å². The number of hydrogen-bond acceptors (Lipinski definition) is 4. The molecule has 0 bridgehead atoms. The van der Waals surface area contributed by atoms with Crippen molar-refractivity contribution in [2.75, 3.05) is 41.9 Å². The lowest BCUT2D eigenvalue weighted by Gasteiger charge is -2.26. The quantitative estimate of drug-likeness (QED) is 0.538. The second-order valence-corrected chi connectivity index (χ2v) is 6.52. The van der Waals surface area contributed by atoms with Gasteiger partial charge < -0.3 is 25.0 Å². The molecule has 28 heavy (non-hydrogen) atoms. The summed E-state index contributed by atoms with van der Waals surface area (Å²) in [5.74, 6) is 1.93.